The van der Waals surface area contributed by atoms with Gasteiger partial charge in [0.25, 0.3) is 5.91 Å². The number of nitrogens with two attached hydrogens (primary N) is 1. The number of nitrogens with zero attached hydrogens (tertiary/aromatic N) is 2. The fourth-order valence-electron chi connectivity index (χ4n) is 3.55. The topological polar surface area (TPSA) is 111 Å². The van der Waals surface area contributed by atoms with Crippen molar-refractivity contribution in [2.24, 2.45) is 0 Å². The van der Waals surface area contributed by atoms with Crippen LogP contribution in [0.25, 0.3) is 10.9 Å². The lowest BCUT2D eigenvalue weighted by molar-refractivity contribution is -0.137. The van der Waals surface area contributed by atoms with Crippen LogP contribution < -0.4 is 21.1 Å². The Morgan fingerprint density at radius 2 is 1.82 bits per heavy atom. The number of fused-ring (bicyclic) bond motifs is 1. The van der Waals surface area contributed by atoms with E-state index in [2.05, 4.69) is 15.7 Å². The minimum Gasteiger partial charge on any atom is -0.453 e. The van der Waals surface area contributed by atoms with Crippen LogP contribution in [0.15, 0.2) is 48.5 Å². The van der Waals surface area contributed by atoms with Crippen LogP contribution in [0.2, 0.25) is 5.02 Å². The molecule has 0 saturated heterocycles. The zero-order chi connectivity index (χ0) is 27.8. The Labute approximate surface area is 216 Å². The molecule has 14 heteroatoms. The number of nitrogens with one attached hydrogen (secondary N) is 2. The maximum Gasteiger partial charge on any atom is 0.416 e. The van der Waals surface area contributed by atoms with Gasteiger partial charge in [0.05, 0.1) is 27.2 Å². The second kappa shape index (κ2) is 10.2. The second-order valence-electron chi connectivity index (χ2n) is 7.91. The first-order valence-electron chi connectivity index (χ1n) is 10.7. The molecule has 0 aliphatic carbocycles. The highest BCUT2D eigenvalue weighted by molar-refractivity contribution is 6.32. The fourth-order valence-corrected chi connectivity index (χ4v) is 3.71. The standard InChI is InChI=1S/C24H17ClF5N5O3/c1-32-19(36)10-35-17-5-4-16(33-23(37)11-6-12(24(28,29)30)8-14(27)7-11)21(20(17)22(31)34-35)38-18-9-13(26)2-3-15(18)25/h2-9H,10H2,1H3,(H2,31,34)(H,32,36)(H,33,37). The number of hydrogen-bond donors (Lipinski definition) is 3. The van der Waals surface area contributed by atoms with E-state index in [1.54, 1.807) is 0 Å². The predicted octanol–water partition coefficient (Wildman–Crippen LogP) is 5.36. The monoisotopic (exact) mass is 553 g/mol. The lowest BCUT2D eigenvalue weighted by Gasteiger charge is -2.16. The van der Waals surface area contributed by atoms with Crippen molar-refractivity contribution in [2.45, 2.75) is 12.7 Å². The van der Waals surface area contributed by atoms with Gasteiger partial charge in [-0.25, -0.2) is 8.78 Å². The molecule has 3 aromatic carbocycles. The molecule has 8 nitrogen and oxygen atoms in total. The Kier molecular flexibility index (Phi) is 7.14. The number of halogens is 6. The zero-order valence-electron chi connectivity index (χ0n) is 19.3. The number of alkyl halides is 3. The molecule has 0 fully saturated rings. The Morgan fingerprint density at radius 3 is 2.50 bits per heavy atom. The van der Waals surface area contributed by atoms with Crippen molar-refractivity contribution in [1.82, 2.24) is 15.1 Å². The second-order valence-corrected chi connectivity index (χ2v) is 8.32. The molecule has 0 aliphatic rings. The van der Waals surface area contributed by atoms with Gasteiger partial charge in [0, 0.05) is 18.7 Å². The van der Waals surface area contributed by atoms with Crippen molar-refractivity contribution in [2.75, 3.05) is 18.1 Å². The van der Waals surface area contributed by atoms with Crippen molar-refractivity contribution in [3.05, 3.63) is 76.3 Å². The number of aromatic nitrogens is 2. The van der Waals surface area contributed by atoms with Crippen LogP contribution in [-0.4, -0.2) is 28.6 Å². The number of carbonyl (C=O) groups excluding carboxylic acids is 2. The highest BCUT2D eigenvalue weighted by atomic mass is 35.5. The third-order valence-corrected chi connectivity index (χ3v) is 5.62. The van der Waals surface area contributed by atoms with Gasteiger partial charge in [-0.2, -0.15) is 18.3 Å². The van der Waals surface area contributed by atoms with E-state index in [0.29, 0.717) is 12.1 Å². The molecule has 38 heavy (non-hydrogen) atoms. The van der Waals surface area contributed by atoms with Gasteiger partial charge in [-0.3, -0.25) is 14.3 Å². The summed E-state index contributed by atoms with van der Waals surface area (Å²) in [6.45, 7) is -0.237. The molecule has 0 bridgehead atoms. The van der Waals surface area contributed by atoms with E-state index in [-0.39, 0.29) is 51.5 Å². The van der Waals surface area contributed by atoms with Gasteiger partial charge in [-0.05, 0) is 42.5 Å². The van der Waals surface area contributed by atoms with Gasteiger partial charge in [0.1, 0.15) is 23.9 Å². The molecule has 1 aromatic heterocycles. The lowest BCUT2D eigenvalue weighted by Crippen LogP contribution is -2.24. The molecule has 0 aliphatic heterocycles. The van der Waals surface area contributed by atoms with Crippen molar-refractivity contribution in [3.63, 3.8) is 0 Å². The van der Waals surface area contributed by atoms with Gasteiger partial charge in [-0.1, -0.05) is 11.6 Å². The van der Waals surface area contributed by atoms with Crippen LogP contribution in [0.1, 0.15) is 15.9 Å². The third kappa shape index (κ3) is 5.47. The Morgan fingerprint density at radius 1 is 1.08 bits per heavy atom. The average molecular weight is 554 g/mol. The minimum absolute atomic E-state index is 0.0167. The summed E-state index contributed by atoms with van der Waals surface area (Å²) in [6.07, 6.45) is -4.90. The smallest absolute Gasteiger partial charge is 0.416 e. The number of nitrogen functional groups attached to an aromatic ring is 1. The molecule has 0 unspecified atom stereocenters. The number of benzene rings is 3. The number of ether oxygens (including phenoxy) is 1. The van der Waals surface area contributed by atoms with Crippen LogP contribution in [-0.2, 0) is 17.5 Å². The van der Waals surface area contributed by atoms with Crippen molar-refractivity contribution >= 4 is 45.8 Å². The largest absolute Gasteiger partial charge is 0.453 e. The van der Waals surface area contributed by atoms with E-state index < -0.39 is 40.8 Å². The SMILES string of the molecule is CNC(=O)Cn1nc(N)c2c(Oc3cc(F)ccc3Cl)c(NC(=O)c3cc(F)cc(C(F)(F)F)c3)ccc21. The van der Waals surface area contributed by atoms with Gasteiger partial charge < -0.3 is 21.1 Å². The van der Waals surface area contributed by atoms with E-state index in [0.717, 1.165) is 12.1 Å². The predicted molar refractivity (Wildman–Crippen MR) is 129 cm³/mol. The zero-order valence-corrected chi connectivity index (χ0v) is 20.0. The first-order valence-corrected chi connectivity index (χ1v) is 11.1. The summed E-state index contributed by atoms with van der Waals surface area (Å²) in [5, 5.41) is 8.97. The van der Waals surface area contributed by atoms with Crippen molar-refractivity contribution in [1.29, 1.82) is 0 Å². The van der Waals surface area contributed by atoms with Crippen LogP contribution in [0.5, 0.6) is 11.5 Å². The van der Waals surface area contributed by atoms with Gasteiger partial charge in [0.2, 0.25) is 5.91 Å². The molecular weight excluding hydrogens is 537 g/mol. The lowest BCUT2D eigenvalue weighted by atomic mass is 10.1. The Hall–Kier alpha value is -4.39. The van der Waals surface area contributed by atoms with E-state index in [9.17, 15) is 31.5 Å². The van der Waals surface area contributed by atoms with Crippen LogP contribution >= 0.6 is 11.6 Å². The van der Waals surface area contributed by atoms with E-state index in [1.807, 2.05) is 0 Å². The molecular formula is C24H17ClF5N5O3. The first-order chi connectivity index (χ1) is 17.9. The third-order valence-electron chi connectivity index (χ3n) is 5.31. The normalized spacial score (nSPS) is 11.4. The minimum atomic E-state index is -4.90. The molecule has 4 aromatic rings. The Balaban J connectivity index is 1.84. The van der Waals surface area contributed by atoms with Gasteiger partial charge in [-0.15, -0.1) is 0 Å². The summed E-state index contributed by atoms with van der Waals surface area (Å²) in [5.74, 6) is -4.02. The maximum atomic E-state index is 13.9. The molecule has 0 atom stereocenters. The number of anilines is 2. The molecule has 4 N–H and O–H groups in total. The highest BCUT2D eigenvalue weighted by Crippen LogP contribution is 2.42. The van der Waals surface area contributed by atoms with Crippen LogP contribution in [0.4, 0.5) is 33.5 Å². The fraction of sp³-hybridized carbons (Fsp3) is 0.125. The number of rotatable bonds is 6. The van der Waals surface area contributed by atoms with Crippen LogP contribution in [0.3, 0.4) is 0 Å². The summed E-state index contributed by atoms with van der Waals surface area (Å²) in [6, 6.07) is 7.34. The van der Waals surface area contributed by atoms with Crippen molar-refractivity contribution < 1.29 is 36.3 Å². The van der Waals surface area contributed by atoms with Gasteiger partial charge in [0.15, 0.2) is 11.6 Å². The average Bonchev–Trinajstić information content (AvgIpc) is 3.16. The molecule has 0 spiro atoms. The van der Waals surface area contributed by atoms with Gasteiger partial charge >= 0.3 is 6.18 Å². The summed E-state index contributed by atoms with van der Waals surface area (Å²) in [4.78, 5) is 24.8. The summed E-state index contributed by atoms with van der Waals surface area (Å²) >= 11 is 6.13. The van der Waals surface area contributed by atoms with Crippen LogP contribution in [0, 0.1) is 11.6 Å². The number of likely N-dealkylation sites (N-methyl/N-ethyl adjacent to an activating group) is 1. The van der Waals surface area contributed by atoms with E-state index in [4.69, 9.17) is 22.1 Å². The molecule has 1 heterocycles. The quantitative estimate of drug-likeness (QED) is 0.278. The first kappa shape index (κ1) is 26.7. The summed E-state index contributed by atoms with van der Waals surface area (Å²) < 4.78 is 74.3. The maximum absolute atomic E-state index is 13.9. The number of carbonyl (C=O) groups is 2. The molecule has 0 saturated carbocycles. The molecule has 2 amide bonds. The molecule has 198 valence electrons. The number of amides is 2. The molecule has 4 rings (SSSR count). The molecule has 0 radical (unpaired) electrons. The summed E-state index contributed by atoms with van der Waals surface area (Å²) in [7, 11) is 1.42. The highest BCUT2D eigenvalue weighted by Gasteiger charge is 2.32. The van der Waals surface area contributed by atoms with E-state index >= 15 is 0 Å². The summed E-state index contributed by atoms with van der Waals surface area (Å²) in [5.41, 5.74) is 4.23. The van der Waals surface area contributed by atoms with E-state index in [1.165, 1.54) is 29.9 Å². The van der Waals surface area contributed by atoms with Crippen molar-refractivity contribution in [3.8, 4) is 11.5 Å². The Bertz CT molecular complexity index is 1570. The number of hydrogen-bond acceptors (Lipinski definition) is 5.